The summed E-state index contributed by atoms with van der Waals surface area (Å²) in [4.78, 5) is 9.40. The number of aromatic nitrogens is 1. The van der Waals surface area contributed by atoms with Crippen LogP contribution in [0, 0.1) is 5.92 Å². The van der Waals surface area contributed by atoms with Crippen molar-refractivity contribution in [3.8, 4) is 0 Å². The van der Waals surface area contributed by atoms with Gasteiger partial charge in [0.15, 0.2) is 5.83 Å². The predicted molar refractivity (Wildman–Crippen MR) is 80.0 cm³/mol. The summed E-state index contributed by atoms with van der Waals surface area (Å²) in [7, 11) is -3.92. The normalized spacial score (nSPS) is 15.6. The van der Waals surface area contributed by atoms with Crippen molar-refractivity contribution in [1.29, 1.82) is 0 Å². The fourth-order valence-corrected chi connectivity index (χ4v) is 3.99. The molecule has 0 bridgehead atoms. The maximum atomic E-state index is 12.7. The van der Waals surface area contributed by atoms with Crippen LogP contribution in [0.15, 0.2) is 27.6 Å². The Morgan fingerprint density at radius 2 is 2.13 bits per heavy atom. The van der Waals surface area contributed by atoms with Crippen molar-refractivity contribution in [3.05, 3.63) is 23.0 Å². The minimum atomic E-state index is -3.92. The molecule has 1 heterocycles. The van der Waals surface area contributed by atoms with Crippen molar-refractivity contribution in [3.63, 3.8) is 0 Å². The number of hydrogen-bond donors (Lipinski definition) is 0. The summed E-state index contributed by atoms with van der Waals surface area (Å²) in [6, 6.07) is 0. The lowest BCUT2D eigenvalue weighted by Gasteiger charge is -1.99. The number of rotatable bonds is 8. The summed E-state index contributed by atoms with van der Waals surface area (Å²) in [5, 5.41) is 3.89. The lowest BCUT2D eigenvalue weighted by atomic mass is 10.4. The summed E-state index contributed by atoms with van der Waals surface area (Å²) in [5.74, 6) is -1.95. The Kier molecular flexibility index (Phi) is 5.79. The summed E-state index contributed by atoms with van der Waals surface area (Å²) in [5.41, 5.74) is 0.477. The molecule has 128 valence electrons. The van der Waals surface area contributed by atoms with E-state index in [1.807, 2.05) is 0 Å². The summed E-state index contributed by atoms with van der Waals surface area (Å²) in [6.45, 7) is 2.18. The fourth-order valence-electron chi connectivity index (χ4n) is 1.54. The third kappa shape index (κ3) is 5.31. The third-order valence-corrected chi connectivity index (χ3v) is 6.40. The van der Waals surface area contributed by atoms with Gasteiger partial charge < -0.3 is 4.84 Å². The second-order valence-corrected chi connectivity index (χ2v) is 8.45. The van der Waals surface area contributed by atoms with E-state index in [-0.39, 0.29) is 4.34 Å². The molecule has 10 heteroatoms. The lowest BCUT2D eigenvalue weighted by molar-refractivity contribution is 0.134. The highest BCUT2D eigenvalue weighted by molar-refractivity contribution is 7.93. The molecule has 23 heavy (non-hydrogen) atoms. The van der Waals surface area contributed by atoms with Crippen molar-refractivity contribution < 1.29 is 26.4 Å². The second-order valence-electron chi connectivity index (χ2n) is 5.14. The number of halogens is 3. The summed E-state index contributed by atoms with van der Waals surface area (Å²) in [6.07, 6.45) is 0.191. The largest absolute Gasteiger partial charge is 0.395 e. The number of thiazole rings is 1. The molecule has 0 saturated heterocycles. The van der Waals surface area contributed by atoms with E-state index in [1.54, 1.807) is 6.92 Å². The molecule has 1 aromatic rings. The van der Waals surface area contributed by atoms with Crippen LogP contribution < -0.4 is 0 Å². The molecular formula is C13H15F3N2O3S2. The Morgan fingerprint density at radius 1 is 1.43 bits per heavy atom. The SMILES string of the molecule is C/C(=N\OCC1CC1)c1cnc(S(=O)(=O)CCC(F)=C(F)F)s1. The zero-order valence-corrected chi connectivity index (χ0v) is 13.9. The molecule has 1 fully saturated rings. The number of nitrogens with zero attached hydrogens (tertiary/aromatic N) is 2. The molecule has 0 amide bonds. The van der Waals surface area contributed by atoms with E-state index >= 15 is 0 Å². The van der Waals surface area contributed by atoms with Gasteiger partial charge in [0.1, 0.15) is 6.61 Å². The molecule has 1 saturated carbocycles. The van der Waals surface area contributed by atoms with Gasteiger partial charge in [0.2, 0.25) is 14.2 Å². The maximum absolute atomic E-state index is 12.7. The Labute approximate surface area is 135 Å². The lowest BCUT2D eigenvalue weighted by Crippen LogP contribution is -2.06. The first kappa shape index (κ1) is 17.9. The van der Waals surface area contributed by atoms with Crippen LogP contribution in [0.1, 0.15) is 31.1 Å². The number of allylic oxidation sites excluding steroid dienone is 1. The smallest absolute Gasteiger partial charge is 0.301 e. The molecule has 0 spiro atoms. The molecule has 0 radical (unpaired) electrons. The number of oxime groups is 1. The van der Waals surface area contributed by atoms with Crippen molar-refractivity contribution in [2.75, 3.05) is 12.4 Å². The van der Waals surface area contributed by atoms with Gasteiger partial charge in [0, 0.05) is 12.6 Å². The van der Waals surface area contributed by atoms with Crippen molar-refractivity contribution in [2.24, 2.45) is 11.1 Å². The molecule has 1 aliphatic rings. The fraction of sp³-hybridized carbons (Fsp3) is 0.538. The van der Waals surface area contributed by atoms with E-state index in [0.717, 1.165) is 24.2 Å². The van der Waals surface area contributed by atoms with Gasteiger partial charge >= 0.3 is 6.08 Å². The molecule has 0 unspecified atom stereocenters. The second kappa shape index (κ2) is 7.43. The standard InChI is InChI=1S/C13H15F3N2O3S2/c1-8(18-21-7-9-2-3-9)11-6-17-13(22-11)23(19,20)5-4-10(14)12(15)16/h6,9H,2-5,7H2,1H3/b18-8+. The molecule has 2 rings (SSSR count). The van der Waals surface area contributed by atoms with Crippen LogP contribution >= 0.6 is 11.3 Å². The predicted octanol–water partition coefficient (Wildman–Crippen LogP) is 3.54. The van der Waals surface area contributed by atoms with Crippen LogP contribution in [0.25, 0.3) is 0 Å². The number of sulfone groups is 1. The number of hydrogen-bond acceptors (Lipinski definition) is 6. The van der Waals surface area contributed by atoms with E-state index in [1.165, 1.54) is 6.20 Å². The topological polar surface area (TPSA) is 68.6 Å². The van der Waals surface area contributed by atoms with Crippen LogP contribution in [0.3, 0.4) is 0 Å². The van der Waals surface area contributed by atoms with E-state index < -0.39 is 33.9 Å². The minimum Gasteiger partial charge on any atom is -0.395 e. The quantitative estimate of drug-likeness (QED) is 0.520. The van der Waals surface area contributed by atoms with Gasteiger partial charge in [-0.2, -0.15) is 8.78 Å². The monoisotopic (exact) mass is 368 g/mol. The van der Waals surface area contributed by atoms with E-state index in [0.29, 0.717) is 23.1 Å². The Hall–Kier alpha value is -1.42. The molecular weight excluding hydrogens is 353 g/mol. The molecule has 0 atom stereocenters. The third-order valence-electron chi connectivity index (χ3n) is 3.11. The Morgan fingerprint density at radius 3 is 2.74 bits per heavy atom. The Bertz CT molecular complexity index is 721. The minimum absolute atomic E-state index is 0.253. The van der Waals surface area contributed by atoms with Gasteiger partial charge in [-0.15, -0.1) is 11.3 Å². The van der Waals surface area contributed by atoms with E-state index in [4.69, 9.17) is 4.84 Å². The Balaban J connectivity index is 2.00. The van der Waals surface area contributed by atoms with Crippen molar-refractivity contribution in [1.82, 2.24) is 4.98 Å². The van der Waals surface area contributed by atoms with Gasteiger partial charge in [-0.05, 0) is 25.7 Å². The molecule has 5 nitrogen and oxygen atoms in total. The first-order valence-corrected chi connectivity index (χ1v) is 9.31. The highest BCUT2D eigenvalue weighted by Crippen LogP contribution is 2.29. The molecule has 1 aromatic heterocycles. The highest BCUT2D eigenvalue weighted by Gasteiger charge is 2.23. The average molecular weight is 368 g/mol. The van der Waals surface area contributed by atoms with Crippen LogP contribution in [-0.2, 0) is 14.7 Å². The van der Waals surface area contributed by atoms with Crippen LogP contribution in [-0.4, -0.2) is 31.5 Å². The van der Waals surface area contributed by atoms with Crippen LogP contribution in [0.5, 0.6) is 0 Å². The van der Waals surface area contributed by atoms with Crippen LogP contribution in [0.2, 0.25) is 0 Å². The summed E-state index contributed by atoms with van der Waals surface area (Å²) >= 11 is 0.847. The first-order chi connectivity index (χ1) is 10.8. The summed E-state index contributed by atoms with van der Waals surface area (Å²) < 4.78 is 60.3. The highest BCUT2D eigenvalue weighted by atomic mass is 32.2. The van der Waals surface area contributed by atoms with Crippen molar-refractivity contribution in [2.45, 2.75) is 30.5 Å². The average Bonchev–Trinajstić information content (AvgIpc) is 3.16. The molecule has 0 N–H and O–H groups in total. The van der Waals surface area contributed by atoms with Gasteiger partial charge in [0.05, 0.1) is 16.3 Å². The van der Waals surface area contributed by atoms with Crippen LogP contribution in [0.4, 0.5) is 13.2 Å². The van der Waals surface area contributed by atoms with E-state index in [9.17, 15) is 21.6 Å². The molecule has 0 aliphatic heterocycles. The molecule has 1 aliphatic carbocycles. The molecule has 0 aromatic carbocycles. The zero-order chi connectivity index (χ0) is 17.0. The maximum Gasteiger partial charge on any atom is 0.301 e. The first-order valence-electron chi connectivity index (χ1n) is 6.84. The van der Waals surface area contributed by atoms with E-state index in [2.05, 4.69) is 10.1 Å². The van der Waals surface area contributed by atoms with Gasteiger partial charge in [0.25, 0.3) is 0 Å². The van der Waals surface area contributed by atoms with Gasteiger partial charge in [-0.25, -0.2) is 17.8 Å². The van der Waals surface area contributed by atoms with Crippen molar-refractivity contribution >= 4 is 26.9 Å². The zero-order valence-electron chi connectivity index (χ0n) is 12.3. The van der Waals surface area contributed by atoms with Gasteiger partial charge in [-0.1, -0.05) is 5.16 Å². The van der Waals surface area contributed by atoms with Gasteiger partial charge in [-0.3, -0.25) is 0 Å².